The minimum absolute atomic E-state index is 0.0430. The van der Waals surface area contributed by atoms with Gasteiger partial charge in [0.05, 0.1) is 16.0 Å². The minimum Gasteiger partial charge on any atom is -0.744 e. The van der Waals surface area contributed by atoms with Gasteiger partial charge in [0, 0.05) is 28.6 Å². The summed E-state index contributed by atoms with van der Waals surface area (Å²) in [4.78, 5) is 39.4. The third kappa shape index (κ3) is 10.4. The van der Waals surface area contributed by atoms with Crippen molar-refractivity contribution < 1.29 is 41.6 Å². The molecule has 0 aliphatic heterocycles. The average molecular weight is 1500 g/mol. The van der Waals surface area contributed by atoms with E-state index in [0.29, 0.717) is 18.3 Å². The third-order valence-corrected chi connectivity index (χ3v) is 16.1. The molecule has 0 bridgehead atoms. The summed E-state index contributed by atoms with van der Waals surface area (Å²) in [6, 6.07) is 9.60. The van der Waals surface area contributed by atoms with E-state index >= 15 is 0 Å². The number of hydrogen-bond acceptors (Lipinski definition) is 9. The van der Waals surface area contributed by atoms with Crippen LogP contribution in [0.4, 0.5) is 0 Å². The van der Waals surface area contributed by atoms with Gasteiger partial charge >= 0.3 is 17.9 Å². The van der Waals surface area contributed by atoms with Crippen molar-refractivity contribution in [2.24, 2.45) is 5.41 Å². The molecule has 0 aromatic heterocycles. The van der Waals surface area contributed by atoms with Crippen molar-refractivity contribution in [3.8, 4) is 5.75 Å². The minimum atomic E-state index is -4.77. The van der Waals surface area contributed by atoms with Crippen molar-refractivity contribution >= 4 is 209 Å². The molecule has 0 saturated heterocycles. The molecule has 3 rings (SSSR count). The van der Waals surface area contributed by atoms with E-state index in [-0.39, 0.29) is 12.9 Å². The molecule has 0 radical (unpaired) electrons. The van der Waals surface area contributed by atoms with Crippen molar-refractivity contribution in [1.29, 1.82) is 0 Å². The first-order chi connectivity index (χ1) is 19.8. The van der Waals surface area contributed by atoms with E-state index < -0.39 is 51.6 Å². The highest BCUT2D eigenvalue weighted by Gasteiger charge is 2.40. The lowest BCUT2D eigenvalue weighted by atomic mass is 9.93. The summed E-state index contributed by atoms with van der Waals surface area (Å²) in [6.07, 6.45) is 0. The molecule has 0 amide bonds. The number of carbonyl (C=O) groups excluding carboxylic acids is 3. The number of benzene rings is 3. The predicted molar refractivity (Wildman–Crippen MR) is 223 cm³/mol. The third-order valence-electron chi connectivity index (χ3n) is 5.39. The fourth-order valence-corrected chi connectivity index (χ4v) is 11.9. The number of carbonyl (C=O) groups is 3. The van der Waals surface area contributed by atoms with Gasteiger partial charge in [-0.2, -0.15) is 0 Å². The molecule has 0 spiro atoms. The standard InChI is InChI=1S/C25H14I8O9S/c1-25(8-40-22(34)13-2-10(26)4-15(28)19(13)32,9-41-23(35)14-3-11(27)5-16(29)20(14)33)24(36)42-12-6-17(30)21(18(31)7-12)43(37,38)39/h2-7H,8-9H2,1H3,(H,37,38,39)/p-1. The second kappa shape index (κ2) is 16.5. The Bertz CT molecular complexity index is 1650. The maximum Gasteiger partial charge on any atom is 0.339 e. The highest BCUT2D eigenvalue weighted by Crippen LogP contribution is 2.32. The van der Waals surface area contributed by atoms with Crippen LogP contribution in [-0.2, 0) is 24.4 Å². The summed E-state index contributed by atoms with van der Waals surface area (Å²) in [5, 5.41) is 0. The van der Waals surface area contributed by atoms with Crippen LogP contribution in [-0.4, -0.2) is 44.1 Å². The van der Waals surface area contributed by atoms with E-state index in [1.165, 1.54) is 19.1 Å². The molecule has 0 saturated carbocycles. The molecular formula is C25H13I8O9S-. The normalized spacial score (nSPS) is 11.7. The van der Waals surface area contributed by atoms with E-state index in [1.54, 1.807) is 57.3 Å². The molecule has 9 nitrogen and oxygen atoms in total. The van der Waals surface area contributed by atoms with Crippen LogP contribution in [0, 0.1) is 34.0 Å². The van der Waals surface area contributed by atoms with Crippen molar-refractivity contribution in [3.05, 3.63) is 76.1 Å². The molecule has 0 heterocycles. The smallest absolute Gasteiger partial charge is 0.339 e. The fourth-order valence-electron chi connectivity index (χ4n) is 3.24. The fraction of sp³-hybridized carbons (Fsp3) is 0.160. The molecule has 230 valence electrons. The van der Waals surface area contributed by atoms with Gasteiger partial charge in [-0.25, -0.2) is 18.0 Å². The van der Waals surface area contributed by atoms with Gasteiger partial charge in [-0.15, -0.1) is 0 Å². The lowest BCUT2D eigenvalue weighted by molar-refractivity contribution is -0.150. The zero-order valence-corrected chi connectivity index (χ0v) is 39.1. The van der Waals surface area contributed by atoms with E-state index in [4.69, 9.17) is 14.2 Å². The van der Waals surface area contributed by atoms with Crippen molar-refractivity contribution in [1.82, 2.24) is 0 Å². The van der Waals surface area contributed by atoms with E-state index in [1.807, 2.05) is 57.3 Å². The van der Waals surface area contributed by atoms with Gasteiger partial charge in [0.1, 0.15) is 34.5 Å². The van der Waals surface area contributed by atoms with Crippen LogP contribution in [0.15, 0.2) is 41.3 Å². The Morgan fingerprint density at radius 2 is 1.09 bits per heavy atom. The Balaban J connectivity index is 1.93. The Kier molecular flexibility index (Phi) is 15.0. The molecule has 0 atom stereocenters. The molecule has 3 aromatic rings. The average Bonchev–Trinajstić information content (AvgIpc) is 2.88. The zero-order chi connectivity index (χ0) is 32.4. The largest absolute Gasteiger partial charge is 0.744 e. The van der Waals surface area contributed by atoms with Crippen LogP contribution < -0.4 is 4.74 Å². The van der Waals surface area contributed by atoms with Crippen molar-refractivity contribution in [2.75, 3.05) is 13.2 Å². The molecule has 43 heavy (non-hydrogen) atoms. The van der Waals surface area contributed by atoms with E-state index in [9.17, 15) is 27.4 Å². The molecule has 0 fully saturated rings. The first-order valence-electron chi connectivity index (χ1n) is 11.1. The van der Waals surface area contributed by atoms with Gasteiger partial charge in [0.15, 0.2) is 0 Å². The Labute approximate surface area is 356 Å². The van der Waals surface area contributed by atoms with Crippen molar-refractivity contribution in [3.63, 3.8) is 0 Å². The number of rotatable bonds is 9. The topological polar surface area (TPSA) is 136 Å². The SMILES string of the molecule is CC(COC(=O)c1cc(I)cc(I)c1I)(COC(=O)c1cc(I)cc(I)c1I)C(=O)Oc1cc(I)c(S(=O)(=O)[O-])c(I)c1. The van der Waals surface area contributed by atoms with Crippen LogP contribution in [0.2, 0.25) is 0 Å². The molecular weight excluding hydrogens is 1490 g/mol. The predicted octanol–water partition coefficient (Wildman–Crippen LogP) is 8.05. The maximum atomic E-state index is 13.6. The molecule has 3 aromatic carbocycles. The highest BCUT2D eigenvalue weighted by atomic mass is 127. The molecule has 0 aliphatic carbocycles. The summed E-state index contributed by atoms with van der Waals surface area (Å²) in [6.45, 7) is 0.422. The second-order valence-electron chi connectivity index (χ2n) is 8.77. The Morgan fingerprint density at radius 3 is 1.47 bits per heavy atom. The molecule has 0 aliphatic rings. The monoisotopic (exact) mass is 1500 g/mol. The van der Waals surface area contributed by atoms with Crippen LogP contribution in [0.25, 0.3) is 0 Å². The lowest BCUT2D eigenvalue weighted by Crippen LogP contribution is -2.42. The quantitative estimate of drug-likeness (QED) is 0.0686. The first kappa shape index (κ1) is 39.3. The Hall–Kier alpha value is 1.82. The summed E-state index contributed by atoms with van der Waals surface area (Å²) in [5.41, 5.74) is -1.05. The number of hydrogen-bond donors (Lipinski definition) is 0. The van der Waals surface area contributed by atoms with Crippen LogP contribution >= 0.6 is 181 Å². The number of halogens is 8. The van der Waals surface area contributed by atoms with Crippen LogP contribution in [0.3, 0.4) is 0 Å². The van der Waals surface area contributed by atoms with Crippen molar-refractivity contribution in [2.45, 2.75) is 11.8 Å². The molecule has 0 N–H and O–H groups in total. The Morgan fingerprint density at radius 1 is 0.698 bits per heavy atom. The van der Waals surface area contributed by atoms with Crippen LogP contribution in [0.5, 0.6) is 5.75 Å². The van der Waals surface area contributed by atoms with E-state index in [0.717, 1.165) is 14.3 Å². The zero-order valence-electron chi connectivity index (χ0n) is 21.0. The van der Waals surface area contributed by atoms with Crippen LogP contribution in [0.1, 0.15) is 27.6 Å². The highest BCUT2D eigenvalue weighted by molar-refractivity contribution is 14.1. The van der Waals surface area contributed by atoms with Gasteiger partial charge in [-0.3, -0.25) is 4.79 Å². The summed E-state index contributed by atoms with van der Waals surface area (Å²) < 4.78 is 56.5. The number of ether oxygens (including phenoxy) is 3. The van der Waals surface area contributed by atoms with Gasteiger partial charge in [0.2, 0.25) is 0 Å². The summed E-state index contributed by atoms with van der Waals surface area (Å²) >= 11 is 15.8. The van der Waals surface area contributed by atoms with E-state index in [2.05, 4.69) is 90.4 Å². The van der Waals surface area contributed by atoms with Gasteiger partial charge in [-0.05, 0) is 224 Å². The first-order valence-corrected chi connectivity index (χ1v) is 21.2. The molecule has 18 heteroatoms. The van der Waals surface area contributed by atoms with Gasteiger partial charge in [0.25, 0.3) is 0 Å². The van der Waals surface area contributed by atoms with Gasteiger partial charge in [-0.1, -0.05) is 0 Å². The maximum absolute atomic E-state index is 13.6. The summed E-state index contributed by atoms with van der Waals surface area (Å²) in [5.74, 6) is -2.31. The van der Waals surface area contributed by atoms with Gasteiger partial charge < -0.3 is 18.8 Å². The number of esters is 3. The second-order valence-corrected chi connectivity index (χ2v) is 19.4. The lowest BCUT2D eigenvalue weighted by Gasteiger charge is -2.27. The summed E-state index contributed by atoms with van der Waals surface area (Å²) in [7, 11) is -4.77. The molecule has 0 unspecified atom stereocenters.